The predicted molar refractivity (Wildman–Crippen MR) is 102 cm³/mol. The quantitative estimate of drug-likeness (QED) is 0.686. The summed E-state index contributed by atoms with van der Waals surface area (Å²) in [7, 11) is 0. The number of aryl methyl sites for hydroxylation is 1. The Morgan fingerprint density at radius 3 is 2.82 bits per heavy atom. The number of oxazole rings is 1. The molecule has 28 heavy (non-hydrogen) atoms. The number of benzene rings is 2. The Hall–Kier alpha value is -3.35. The number of esters is 1. The van der Waals surface area contributed by atoms with Gasteiger partial charge in [0.15, 0.2) is 12.2 Å². The number of aromatic nitrogens is 1. The van der Waals surface area contributed by atoms with E-state index >= 15 is 0 Å². The summed E-state index contributed by atoms with van der Waals surface area (Å²) in [6.07, 6.45) is 2.86. The molecular weight excluding hydrogens is 360 g/mol. The van der Waals surface area contributed by atoms with Crippen LogP contribution in [-0.4, -0.2) is 23.1 Å². The van der Waals surface area contributed by atoms with Gasteiger partial charge in [0, 0.05) is 0 Å². The van der Waals surface area contributed by atoms with Crippen LogP contribution in [-0.2, 0) is 27.3 Å². The van der Waals surface area contributed by atoms with Gasteiger partial charge in [0.1, 0.15) is 6.54 Å². The molecule has 4 rings (SSSR count). The van der Waals surface area contributed by atoms with Crippen LogP contribution >= 0.6 is 0 Å². The summed E-state index contributed by atoms with van der Waals surface area (Å²) >= 11 is 0. The number of para-hydroxylation sites is 2. The SMILES string of the molecule is O=C(COC(=O)Cn1c(=O)oc2ccccc21)N[C@H]1CCCc2ccccc21. The highest BCUT2D eigenvalue weighted by molar-refractivity contribution is 5.81. The minimum atomic E-state index is -0.673. The lowest BCUT2D eigenvalue weighted by atomic mass is 9.88. The first kappa shape index (κ1) is 18.0. The zero-order chi connectivity index (χ0) is 19.5. The Balaban J connectivity index is 1.34. The molecular formula is C21H20N2O5. The van der Waals surface area contributed by atoms with Gasteiger partial charge < -0.3 is 14.5 Å². The normalized spacial score (nSPS) is 15.8. The van der Waals surface area contributed by atoms with E-state index < -0.39 is 11.7 Å². The smallest absolute Gasteiger partial charge is 0.420 e. The van der Waals surface area contributed by atoms with Gasteiger partial charge in [0.25, 0.3) is 5.91 Å². The van der Waals surface area contributed by atoms with Crippen molar-refractivity contribution in [2.75, 3.05) is 6.61 Å². The average molecular weight is 380 g/mol. The third-order valence-corrected chi connectivity index (χ3v) is 4.93. The predicted octanol–water partition coefficient (Wildman–Crippen LogP) is 2.33. The molecule has 1 aliphatic carbocycles. The molecule has 0 unspecified atom stereocenters. The van der Waals surface area contributed by atoms with E-state index in [-0.39, 0.29) is 25.1 Å². The minimum absolute atomic E-state index is 0.0726. The van der Waals surface area contributed by atoms with Crippen molar-refractivity contribution in [3.63, 3.8) is 0 Å². The number of rotatable bonds is 5. The Morgan fingerprint density at radius 2 is 1.93 bits per heavy atom. The maximum atomic E-state index is 12.2. The number of nitrogens with one attached hydrogen (secondary N) is 1. The summed E-state index contributed by atoms with van der Waals surface area (Å²) in [5.41, 5.74) is 3.26. The molecule has 2 aromatic carbocycles. The van der Waals surface area contributed by atoms with Gasteiger partial charge in [-0.1, -0.05) is 36.4 Å². The van der Waals surface area contributed by atoms with Crippen LogP contribution in [0.25, 0.3) is 11.1 Å². The largest absolute Gasteiger partial charge is 0.454 e. The van der Waals surface area contributed by atoms with Crippen LogP contribution in [0.5, 0.6) is 0 Å². The first-order valence-electron chi connectivity index (χ1n) is 9.23. The molecule has 0 spiro atoms. The van der Waals surface area contributed by atoms with Crippen molar-refractivity contribution in [3.8, 4) is 0 Å². The van der Waals surface area contributed by atoms with Crippen LogP contribution in [0.15, 0.2) is 57.7 Å². The van der Waals surface area contributed by atoms with Crippen molar-refractivity contribution in [1.29, 1.82) is 0 Å². The zero-order valence-electron chi connectivity index (χ0n) is 15.2. The molecule has 0 bridgehead atoms. The number of ether oxygens (including phenoxy) is 1. The molecule has 1 amide bonds. The molecule has 0 aliphatic heterocycles. The number of carbonyl (C=O) groups is 2. The third-order valence-electron chi connectivity index (χ3n) is 4.93. The minimum Gasteiger partial charge on any atom is -0.454 e. The first-order chi connectivity index (χ1) is 13.6. The van der Waals surface area contributed by atoms with E-state index in [1.54, 1.807) is 24.3 Å². The van der Waals surface area contributed by atoms with Gasteiger partial charge in [-0.15, -0.1) is 0 Å². The van der Waals surface area contributed by atoms with E-state index in [0.717, 1.165) is 24.8 Å². The standard InChI is InChI=1S/C21H20N2O5/c24-19(22-16-9-5-7-14-6-1-2-8-15(14)16)13-27-20(25)12-23-17-10-3-4-11-18(17)28-21(23)26/h1-4,6,8,10-11,16H,5,7,9,12-13H2,(H,22,24)/t16-/m0/s1. The molecule has 1 atom stereocenters. The lowest BCUT2D eigenvalue weighted by molar-refractivity contribution is -0.149. The van der Waals surface area contributed by atoms with Gasteiger partial charge in [-0.3, -0.25) is 14.2 Å². The Morgan fingerprint density at radius 1 is 1.14 bits per heavy atom. The van der Waals surface area contributed by atoms with Crippen LogP contribution in [0.1, 0.15) is 30.0 Å². The summed E-state index contributed by atoms with van der Waals surface area (Å²) in [5, 5.41) is 2.93. The highest BCUT2D eigenvalue weighted by Crippen LogP contribution is 2.29. The van der Waals surface area contributed by atoms with Crippen LogP contribution in [0.4, 0.5) is 0 Å². The topological polar surface area (TPSA) is 90.5 Å². The number of amides is 1. The summed E-state index contributed by atoms with van der Waals surface area (Å²) in [6.45, 7) is -0.697. The molecule has 1 aromatic heterocycles. The van der Waals surface area contributed by atoms with E-state index in [4.69, 9.17) is 9.15 Å². The fourth-order valence-corrected chi connectivity index (χ4v) is 3.62. The van der Waals surface area contributed by atoms with Crippen molar-refractivity contribution in [2.45, 2.75) is 31.8 Å². The summed E-state index contributed by atoms with van der Waals surface area (Å²) < 4.78 is 11.3. The Labute approximate surface area is 160 Å². The Kier molecular flexibility index (Phi) is 4.97. The fourth-order valence-electron chi connectivity index (χ4n) is 3.62. The second-order valence-electron chi connectivity index (χ2n) is 6.79. The van der Waals surface area contributed by atoms with Gasteiger partial charge in [-0.25, -0.2) is 4.79 Å². The summed E-state index contributed by atoms with van der Waals surface area (Å²) in [5.74, 6) is -1.67. The van der Waals surface area contributed by atoms with E-state index in [2.05, 4.69) is 11.4 Å². The Bertz CT molecular complexity index is 1080. The molecule has 1 N–H and O–H groups in total. The maximum Gasteiger partial charge on any atom is 0.420 e. The van der Waals surface area contributed by atoms with Gasteiger partial charge in [0.2, 0.25) is 0 Å². The summed E-state index contributed by atoms with van der Waals surface area (Å²) in [6, 6.07) is 14.8. The molecule has 0 saturated heterocycles. The number of hydrogen-bond donors (Lipinski definition) is 1. The average Bonchev–Trinajstić information content (AvgIpc) is 3.02. The third kappa shape index (κ3) is 3.69. The van der Waals surface area contributed by atoms with Gasteiger partial charge in [-0.05, 0) is 42.5 Å². The molecule has 0 saturated carbocycles. The summed E-state index contributed by atoms with van der Waals surface area (Å²) in [4.78, 5) is 36.2. The monoisotopic (exact) mass is 380 g/mol. The van der Waals surface area contributed by atoms with Crippen molar-refractivity contribution in [2.24, 2.45) is 0 Å². The van der Waals surface area contributed by atoms with Crippen molar-refractivity contribution in [3.05, 3.63) is 70.2 Å². The molecule has 3 aromatic rings. The van der Waals surface area contributed by atoms with Crippen LogP contribution in [0, 0.1) is 0 Å². The fraction of sp³-hybridized carbons (Fsp3) is 0.286. The van der Waals surface area contributed by atoms with E-state index in [0.29, 0.717) is 11.1 Å². The van der Waals surface area contributed by atoms with E-state index in [9.17, 15) is 14.4 Å². The second kappa shape index (κ2) is 7.72. The molecule has 144 valence electrons. The molecule has 1 aliphatic rings. The highest BCUT2D eigenvalue weighted by Gasteiger charge is 2.22. The van der Waals surface area contributed by atoms with Crippen molar-refractivity contribution in [1.82, 2.24) is 9.88 Å². The maximum absolute atomic E-state index is 12.2. The van der Waals surface area contributed by atoms with Crippen molar-refractivity contribution >= 4 is 23.0 Å². The second-order valence-corrected chi connectivity index (χ2v) is 6.79. The molecule has 0 radical (unpaired) electrons. The lowest BCUT2D eigenvalue weighted by Crippen LogP contribution is -2.34. The van der Waals surface area contributed by atoms with Crippen molar-refractivity contribution < 1.29 is 18.7 Å². The molecule has 7 heteroatoms. The van der Waals surface area contributed by atoms with Gasteiger partial charge in [0.05, 0.1) is 11.6 Å². The van der Waals surface area contributed by atoms with Gasteiger partial charge in [-0.2, -0.15) is 0 Å². The highest BCUT2D eigenvalue weighted by atomic mass is 16.5. The van der Waals surface area contributed by atoms with E-state index in [1.807, 2.05) is 18.2 Å². The van der Waals surface area contributed by atoms with Crippen LogP contribution in [0.3, 0.4) is 0 Å². The first-order valence-corrected chi connectivity index (χ1v) is 9.23. The van der Waals surface area contributed by atoms with Gasteiger partial charge >= 0.3 is 11.7 Å². The molecule has 1 heterocycles. The zero-order valence-corrected chi connectivity index (χ0v) is 15.2. The van der Waals surface area contributed by atoms with Crippen LogP contribution in [0.2, 0.25) is 0 Å². The number of fused-ring (bicyclic) bond motifs is 2. The molecule has 0 fully saturated rings. The number of carbonyl (C=O) groups excluding carboxylic acids is 2. The number of nitrogens with zero attached hydrogens (tertiary/aromatic N) is 1. The van der Waals surface area contributed by atoms with Crippen LogP contribution < -0.4 is 11.1 Å². The van der Waals surface area contributed by atoms with E-state index in [1.165, 1.54) is 10.1 Å². The molecule has 7 nitrogen and oxygen atoms in total. The lowest BCUT2D eigenvalue weighted by Gasteiger charge is -2.26. The number of hydrogen-bond acceptors (Lipinski definition) is 5.